The number of urea groups is 1. The second kappa shape index (κ2) is 7.09. The quantitative estimate of drug-likeness (QED) is 0.917. The third-order valence-electron chi connectivity index (χ3n) is 4.05. The first-order valence-electron chi connectivity index (χ1n) is 7.58. The van der Waals surface area contributed by atoms with Crippen molar-refractivity contribution in [3.8, 4) is 0 Å². The minimum absolute atomic E-state index is 0.0550. The SMILES string of the molecule is O=C(NCC1CCCOC1)N1CCN(c2nccs2)CC1. The summed E-state index contributed by atoms with van der Waals surface area (Å²) in [4.78, 5) is 20.6. The highest BCUT2D eigenvalue weighted by molar-refractivity contribution is 7.13. The molecule has 7 heteroatoms. The number of nitrogens with one attached hydrogen (secondary N) is 1. The molecule has 3 heterocycles. The standard InChI is InChI=1S/C14H22N4O2S/c19-13(16-10-12-2-1-8-20-11-12)17-4-6-18(7-5-17)14-15-3-9-21-14/h3,9,12H,1-2,4-8,10-11H2,(H,16,19). The van der Waals surface area contributed by atoms with Crippen molar-refractivity contribution in [2.24, 2.45) is 5.92 Å². The van der Waals surface area contributed by atoms with Gasteiger partial charge in [0.15, 0.2) is 5.13 Å². The topological polar surface area (TPSA) is 57.7 Å². The monoisotopic (exact) mass is 310 g/mol. The fourth-order valence-electron chi connectivity index (χ4n) is 2.78. The van der Waals surface area contributed by atoms with Crippen LogP contribution in [0.15, 0.2) is 11.6 Å². The highest BCUT2D eigenvalue weighted by atomic mass is 32.1. The van der Waals surface area contributed by atoms with Gasteiger partial charge in [-0.25, -0.2) is 9.78 Å². The predicted molar refractivity (Wildman–Crippen MR) is 82.8 cm³/mol. The van der Waals surface area contributed by atoms with Crippen LogP contribution in [0.4, 0.5) is 9.93 Å². The summed E-state index contributed by atoms with van der Waals surface area (Å²) in [5.41, 5.74) is 0. The van der Waals surface area contributed by atoms with Crippen LogP contribution in [0.1, 0.15) is 12.8 Å². The number of aromatic nitrogens is 1. The number of ether oxygens (including phenoxy) is 1. The number of piperazine rings is 1. The molecule has 2 fully saturated rings. The van der Waals surface area contributed by atoms with E-state index >= 15 is 0 Å². The van der Waals surface area contributed by atoms with Crippen molar-refractivity contribution in [3.63, 3.8) is 0 Å². The zero-order chi connectivity index (χ0) is 14.5. The van der Waals surface area contributed by atoms with E-state index in [0.717, 1.165) is 63.9 Å². The van der Waals surface area contributed by atoms with Crippen LogP contribution >= 0.6 is 11.3 Å². The van der Waals surface area contributed by atoms with Crippen LogP contribution in [0.2, 0.25) is 0 Å². The van der Waals surface area contributed by atoms with E-state index in [2.05, 4.69) is 15.2 Å². The molecule has 2 aliphatic heterocycles. The summed E-state index contributed by atoms with van der Waals surface area (Å²) < 4.78 is 5.44. The van der Waals surface area contributed by atoms with Crippen molar-refractivity contribution in [2.45, 2.75) is 12.8 Å². The van der Waals surface area contributed by atoms with Gasteiger partial charge >= 0.3 is 6.03 Å². The molecule has 1 atom stereocenters. The summed E-state index contributed by atoms with van der Waals surface area (Å²) in [6.45, 7) is 5.59. The van der Waals surface area contributed by atoms with Crippen LogP contribution in [0, 0.1) is 5.92 Å². The minimum Gasteiger partial charge on any atom is -0.381 e. The van der Waals surface area contributed by atoms with Gasteiger partial charge < -0.3 is 19.9 Å². The van der Waals surface area contributed by atoms with Crippen LogP contribution in [-0.2, 0) is 4.74 Å². The van der Waals surface area contributed by atoms with Gasteiger partial charge in [0.1, 0.15) is 0 Å². The normalized spacial score (nSPS) is 23.1. The van der Waals surface area contributed by atoms with Crippen molar-refractivity contribution < 1.29 is 9.53 Å². The first kappa shape index (κ1) is 14.6. The second-order valence-electron chi connectivity index (χ2n) is 5.56. The molecule has 21 heavy (non-hydrogen) atoms. The highest BCUT2D eigenvalue weighted by Gasteiger charge is 2.23. The molecule has 0 radical (unpaired) electrons. The Morgan fingerprint density at radius 3 is 2.95 bits per heavy atom. The Balaban J connectivity index is 1.40. The number of carbonyl (C=O) groups is 1. The Labute approximate surface area is 129 Å². The largest absolute Gasteiger partial charge is 0.381 e. The van der Waals surface area contributed by atoms with E-state index in [1.165, 1.54) is 0 Å². The molecule has 3 rings (SSSR count). The van der Waals surface area contributed by atoms with Gasteiger partial charge in [0.05, 0.1) is 6.61 Å². The van der Waals surface area contributed by atoms with Crippen molar-refractivity contribution in [1.29, 1.82) is 0 Å². The van der Waals surface area contributed by atoms with Gasteiger partial charge in [-0.05, 0) is 18.8 Å². The van der Waals surface area contributed by atoms with E-state index in [-0.39, 0.29) is 6.03 Å². The molecule has 2 amide bonds. The highest BCUT2D eigenvalue weighted by Crippen LogP contribution is 2.19. The Kier molecular flexibility index (Phi) is 4.92. The molecule has 0 aromatic carbocycles. The Hall–Kier alpha value is -1.34. The Morgan fingerprint density at radius 1 is 1.43 bits per heavy atom. The van der Waals surface area contributed by atoms with E-state index in [1.54, 1.807) is 11.3 Å². The number of amides is 2. The van der Waals surface area contributed by atoms with Gasteiger partial charge in [0, 0.05) is 50.9 Å². The summed E-state index contributed by atoms with van der Waals surface area (Å²) >= 11 is 1.65. The van der Waals surface area contributed by atoms with Crippen molar-refractivity contribution in [1.82, 2.24) is 15.2 Å². The summed E-state index contributed by atoms with van der Waals surface area (Å²) in [5.74, 6) is 0.472. The van der Waals surface area contributed by atoms with Gasteiger partial charge in [0.2, 0.25) is 0 Å². The van der Waals surface area contributed by atoms with Crippen LogP contribution < -0.4 is 10.2 Å². The fourth-order valence-corrected chi connectivity index (χ4v) is 3.48. The fraction of sp³-hybridized carbons (Fsp3) is 0.714. The summed E-state index contributed by atoms with van der Waals surface area (Å²) in [6, 6.07) is 0.0550. The molecular weight excluding hydrogens is 288 g/mol. The molecule has 116 valence electrons. The number of anilines is 1. The van der Waals surface area contributed by atoms with Crippen LogP contribution in [0.3, 0.4) is 0 Å². The first-order valence-corrected chi connectivity index (χ1v) is 8.46. The lowest BCUT2D eigenvalue weighted by molar-refractivity contribution is 0.0551. The Bertz CT molecular complexity index is 440. The maximum atomic E-state index is 12.2. The lowest BCUT2D eigenvalue weighted by Gasteiger charge is -2.35. The zero-order valence-corrected chi connectivity index (χ0v) is 13.0. The van der Waals surface area contributed by atoms with E-state index in [0.29, 0.717) is 5.92 Å². The van der Waals surface area contributed by atoms with Crippen LogP contribution in [-0.4, -0.2) is 61.9 Å². The van der Waals surface area contributed by atoms with Gasteiger partial charge in [0.25, 0.3) is 0 Å². The lowest BCUT2D eigenvalue weighted by atomic mass is 10.0. The smallest absolute Gasteiger partial charge is 0.317 e. The third kappa shape index (κ3) is 3.85. The maximum Gasteiger partial charge on any atom is 0.317 e. The minimum atomic E-state index is 0.0550. The lowest BCUT2D eigenvalue weighted by Crippen LogP contribution is -2.52. The maximum absolute atomic E-state index is 12.2. The van der Waals surface area contributed by atoms with Crippen molar-refractivity contribution >= 4 is 22.5 Å². The molecule has 0 aliphatic carbocycles. The molecule has 1 N–H and O–H groups in total. The van der Waals surface area contributed by atoms with Gasteiger partial charge in [-0.2, -0.15) is 0 Å². The van der Waals surface area contributed by atoms with Crippen molar-refractivity contribution in [2.75, 3.05) is 50.8 Å². The van der Waals surface area contributed by atoms with Gasteiger partial charge in [-0.1, -0.05) is 0 Å². The molecule has 2 saturated heterocycles. The van der Waals surface area contributed by atoms with E-state index in [1.807, 2.05) is 16.5 Å². The van der Waals surface area contributed by atoms with Crippen molar-refractivity contribution in [3.05, 3.63) is 11.6 Å². The second-order valence-corrected chi connectivity index (χ2v) is 6.43. The molecule has 1 aromatic rings. The van der Waals surface area contributed by atoms with E-state index in [4.69, 9.17) is 4.74 Å². The summed E-state index contributed by atoms with van der Waals surface area (Å²) in [5, 5.41) is 6.08. The number of hydrogen-bond acceptors (Lipinski definition) is 5. The molecule has 2 aliphatic rings. The number of rotatable bonds is 3. The number of carbonyl (C=O) groups excluding carboxylic acids is 1. The predicted octanol–water partition coefficient (Wildman–Crippen LogP) is 1.40. The molecule has 6 nitrogen and oxygen atoms in total. The molecule has 1 aromatic heterocycles. The molecule has 0 spiro atoms. The molecule has 0 bridgehead atoms. The van der Waals surface area contributed by atoms with E-state index < -0.39 is 0 Å². The molecule has 1 unspecified atom stereocenters. The third-order valence-corrected chi connectivity index (χ3v) is 4.89. The number of thiazole rings is 1. The van der Waals surface area contributed by atoms with Gasteiger partial charge in [-0.3, -0.25) is 0 Å². The number of hydrogen-bond donors (Lipinski definition) is 1. The average molecular weight is 310 g/mol. The average Bonchev–Trinajstić information content (AvgIpc) is 3.08. The molecule has 0 saturated carbocycles. The van der Waals surface area contributed by atoms with Gasteiger partial charge in [-0.15, -0.1) is 11.3 Å². The molecular formula is C14H22N4O2S. The number of nitrogens with zero attached hydrogens (tertiary/aromatic N) is 3. The van der Waals surface area contributed by atoms with Crippen LogP contribution in [0.5, 0.6) is 0 Å². The first-order chi connectivity index (χ1) is 10.3. The summed E-state index contributed by atoms with van der Waals surface area (Å²) in [6.07, 6.45) is 4.08. The zero-order valence-electron chi connectivity index (χ0n) is 12.2. The summed E-state index contributed by atoms with van der Waals surface area (Å²) in [7, 11) is 0. The van der Waals surface area contributed by atoms with E-state index in [9.17, 15) is 4.79 Å². The van der Waals surface area contributed by atoms with Crippen LogP contribution in [0.25, 0.3) is 0 Å². The Morgan fingerprint density at radius 2 is 2.29 bits per heavy atom.